The Balaban J connectivity index is 2.23. The van der Waals surface area contributed by atoms with Crippen LogP contribution in [0.1, 0.15) is 26.0 Å². The molecule has 0 aliphatic heterocycles. The summed E-state index contributed by atoms with van der Waals surface area (Å²) in [6.07, 6.45) is 2.28. The Morgan fingerprint density at radius 1 is 1.30 bits per heavy atom. The lowest BCUT2D eigenvalue weighted by molar-refractivity contribution is -0.154. The third-order valence-corrected chi connectivity index (χ3v) is 3.15. The van der Waals surface area contributed by atoms with Crippen molar-refractivity contribution in [1.82, 2.24) is 9.88 Å². The minimum absolute atomic E-state index is 0.290. The van der Waals surface area contributed by atoms with Gasteiger partial charge in [-0.05, 0) is 24.5 Å². The summed E-state index contributed by atoms with van der Waals surface area (Å²) in [5.74, 6) is -0.277. The molecule has 23 heavy (non-hydrogen) atoms. The third kappa shape index (κ3) is 7.60. The van der Waals surface area contributed by atoms with Crippen LogP contribution in [0.15, 0.2) is 24.4 Å². The Bertz CT molecular complexity index is 493. The molecule has 1 amide bonds. The molecule has 0 unspecified atom stereocenters. The predicted octanol–water partition coefficient (Wildman–Crippen LogP) is 1.57. The van der Waals surface area contributed by atoms with Crippen LogP contribution in [0.2, 0.25) is 0 Å². The second-order valence-corrected chi connectivity index (χ2v) is 5.72. The smallest absolute Gasteiger partial charge is 0.412 e. The number of carbonyl (C=O) groups excluding carboxylic acids is 2. The summed E-state index contributed by atoms with van der Waals surface area (Å²) in [4.78, 5) is 28.9. The maximum Gasteiger partial charge on any atom is 0.412 e. The van der Waals surface area contributed by atoms with Gasteiger partial charge in [0, 0.05) is 31.9 Å². The van der Waals surface area contributed by atoms with Gasteiger partial charge >= 0.3 is 12.1 Å². The zero-order chi connectivity index (χ0) is 17.2. The SMILES string of the molecule is CC(C)C[C@H](N)C(=O)OCOC(=O)N(C)CCc1ccccn1. The first kappa shape index (κ1) is 18.9. The standard InChI is InChI=1S/C16H25N3O4/c1-12(2)10-14(17)15(20)22-11-23-16(21)19(3)9-7-13-6-4-5-8-18-13/h4-6,8,12,14H,7,9-11,17H2,1-3H3/t14-/m0/s1. The molecule has 0 aliphatic rings. The molecule has 7 nitrogen and oxygen atoms in total. The normalized spacial score (nSPS) is 11.9. The average Bonchev–Trinajstić information content (AvgIpc) is 2.52. The van der Waals surface area contributed by atoms with E-state index in [1.54, 1.807) is 13.2 Å². The summed E-state index contributed by atoms with van der Waals surface area (Å²) < 4.78 is 9.73. The van der Waals surface area contributed by atoms with Gasteiger partial charge in [0.15, 0.2) is 0 Å². The molecule has 1 aromatic rings. The maximum absolute atomic E-state index is 11.8. The lowest BCUT2D eigenvalue weighted by Gasteiger charge is -2.17. The zero-order valence-electron chi connectivity index (χ0n) is 13.9. The predicted molar refractivity (Wildman–Crippen MR) is 85.4 cm³/mol. The fourth-order valence-electron chi connectivity index (χ4n) is 1.88. The molecule has 128 valence electrons. The number of nitrogens with two attached hydrogens (primary N) is 1. The highest BCUT2D eigenvalue weighted by Gasteiger charge is 2.17. The Hall–Kier alpha value is -2.15. The minimum Gasteiger partial charge on any atom is -0.427 e. The quantitative estimate of drug-likeness (QED) is 0.576. The Kier molecular flexibility index (Phi) is 8.04. The molecule has 1 rings (SSSR count). The molecule has 1 aromatic heterocycles. The highest BCUT2D eigenvalue weighted by molar-refractivity contribution is 5.75. The monoisotopic (exact) mass is 323 g/mol. The lowest BCUT2D eigenvalue weighted by atomic mass is 10.1. The molecule has 0 saturated carbocycles. The van der Waals surface area contributed by atoms with Crippen LogP contribution in [0.4, 0.5) is 4.79 Å². The van der Waals surface area contributed by atoms with Crippen molar-refractivity contribution in [2.24, 2.45) is 11.7 Å². The van der Waals surface area contributed by atoms with E-state index in [9.17, 15) is 9.59 Å². The number of carbonyl (C=O) groups is 2. The molecule has 2 N–H and O–H groups in total. The summed E-state index contributed by atoms with van der Waals surface area (Å²) in [6, 6.07) is 4.91. The Morgan fingerprint density at radius 3 is 2.65 bits per heavy atom. The van der Waals surface area contributed by atoms with Gasteiger partial charge in [0.2, 0.25) is 6.79 Å². The number of likely N-dealkylation sites (N-methyl/N-ethyl adjacent to an activating group) is 1. The first-order valence-electron chi connectivity index (χ1n) is 7.60. The third-order valence-electron chi connectivity index (χ3n) is 3.15. The van der Waals surface area contributed by atoms with Crippen molar-refractivity contribution in [3.8, 4) is 0 Å². The summed E-state index contributed by atoms with van der Waals surface area (Å²) in [5.41, 5.74) is 6.56. The van der Waals surface area contributed by atoms with Gasteiger partial charge in [-0.3, -0.25) is 9.78 Å². The molecule has 0 aliphatic carbocycles. The van der Waals surface area contributed by atoms with Gasteiger partial charge in [-0.1, -0.05) is 19.9 Å². The number of hydrogen-bond acceptors (Lipinski definition) is 6. The highest BCUT2D eigenvalue weighted by atomic mass is 16.7. The van der Waals surface area contributed by atoms with Crippen molar-refractivity contribution < 1.29 is 19.1 Å². The van der Waals surface area contributed by atoms with Crippen LogP contribution >= 0.6 is 0 Å². The molecule has 7 heteroatoms. The van der Waals surface area contributed by atoms with Crippen LogP contribution in [-0.4, -0.2) is 48.4 Å². The van der Waals surface area contributed by atoms with Crippen LogP contribution in [0.5, 0.6) is 0 Å². The van der Waals surface area contributed by atoms with Gasteiger partial charge in [0.05, 0.1) is 0 Å². The van der Waals surface area contributed by atoms with Crippen LogP contribution in [-0.2, 0) is 20.7 Å². The van der Waals surface area contributed by atoms with Gasteiger partial charge in [-0.25, -0.2) is 4.79 Å². The van der Waals surface area contributed by atoms with Crippen LogP contribution in [0.3, 0.4) is 0 Å². The van der Waals surface area contributed by atoms with Gasteiger partial charge in [0.1, 0.15) is 6.04 Å². The summed E-state index contributed by atoms with van der Waals surface area (Å²) >= 11 is 0. The molecule has 0 aromatic carbocycles. The van der Waals surface area contributed by atoms with E-state index in [1.165, 1.54) is 4.90 Å². The lowest BCUT2D eigenvalue weighted by Crippen LogP contribution is -2.35. The number of aromatic nitrogens is 1. The zero-order valence-corrected chi connectivity index (χ0v) is 13.9. The molecule has 1 atom stereocenters. The molecule has 0 saturated heterocycles. The number of amides is 1. The van der Waals surface area contributed by atoms with Crippen molar-refractivity contribution in [2.75, 3.05) is 20.4 Å². The number of pyridine rings is 1. The first-order chi connectivity index (χ1) is 10.9. The minimum atomic E-state index is -0.699. The number of hydrogen-bond donors (Lipinski definition) is 1. The van der Waals surface area contributed by atoms with Gasteiger partial charge < -0.3 is 20.1 Å². The molecular weight excluding hydrogens is 298 g/mol. The van der Waals surface area contributed by atoms with E-state index in [0.29, 0.717) is 19.4 Å². The molecule has 0 bridgehead atoms. The van der Waals surface area contributed by atoms with Crippen molar-refractivity contribution in [1.29, 1.82) is 0 Å². The van der Waals surface area contributed by atoms with Gasteiger partial charge in [0.25, 0.3) is 0 Å². The molecular formula is C16H25N3O4. The van der Waals surface area contributed by atoms with E-state index in [1.807, 2.05) is 32.0 Å². The van der Waals surface area contributed by atoms with Crippen molar-refractivity contribution >= 4 is 12.1 Å². The first-order valence-corrected chi connectivity index (χ1v) is 7.60. The summed E-state index contributed by atoms with van der Waals surface area (Å²) in [5, 5.41) is 0. The second-order valence-electron chi connectivity index (χ2n) is 5.72. The Morgan fingerprint density at radius 2 is 2.04 bits per heavy atom. The molecule has 0 radical (unpaired) electrons. The van der Waals surface area contributed by atoms with E-state index in [0.717, 1.165) is 5.69 Å². The molecule has 0 spiro atoms. The van der Waals surface area contributed by atoms with E-state index in [2.05, 4.69) is 4.98 Å². The molecule has 0 fully saturated rings. The van der Waals surface area contributed by atoms with Crippen molar-refractivity contribution in [2.45, 2.75) is 32.7 Å². The van der Waals surface area contributed by atoms with Crippen LogP contribution in [0.25, 0.3) is 0 Å². The highest BCUT2D eigenvalue weighted by Crippen LogP contribution is 2.04. The maximum atomic E-state index is 11.8. The largest absolute Gasteiger partial charge is 0.427 e. The van der Waals surface area contributed by atoms with Crippen molar-refractivity contribution in [3.05, 3.63) is 30.1 Å². The van der Waals surface area contributed by atoms with Crippen LogP contribution in [0, 0.1) is 5.92 Å². The summed E-state index contributed by atoms with van der Waals surface area (Å²) in [6.45, 7) is 3.95. The van der Waals surface area contributed by atoms with Crippen molar-refractivity contribution in [3.63, 3.8) is 0 Å². The second kappa shape index (κ2) is 9.78. The number of rotatable bonds is 8. The average molecular weight is 323 g/mol. The number of nitrogens with zero attached hydrogens (tertiary/aromatic N) is 2. The van der Waals surface area contributed by atoms with Gasteiger partial charge in [-0.15, -0.1) is 0 Å². The van der Waals surface area contributed by atoms with Crippen LogP contribution < -0.4 is 5.73 Å². The Labute approximate surface area is 136 Å². The fraction of sp³-hybridized carbons (Fsp3) is 0.562. The molecule has 1 heterocycles. The van der Waals surface area contributed by atoms with E-state index < -0.39 is 24.9 Å². The van der Waals surface area contributed by atoms with E-state index >= 15 is 0 Å². The van der Waals surface area contributed by atoms with E-state index in [4.69, 9.17) is 15.2 Å². The number of ether oxygens (including phenoxy) is 2. The fourth-order valence-corrected chi connectivity index (χ4v) is 1.88. The van der Waals surface area contributed by atoms with E-state index in [-0.39, 0.29) is 5.92 Å². The summed E-state index contributed by atoms with van der Waals surface area (Å²) in [7, 11) is 1.61. The topological polar surface area (TPSA) is 94.8 Å². The van der Waals surface area contributed by atoms with Gasteiger partial charge in [-0.2, -0.15) is 0 Å². The number of esters is 1.